The summed E-state index contributed by atoms with van der Waals surface area (Å²) < 4.78 is 4.62. The molecule has 3 heteroatoms. The number of carbonyl (C=O) groups is 1. The van der Waals surface area contributed by atoms with Crippen molar-refractivity contribution in [2.24, 2.45) is 5.92 Å². The van der Waals surface area contributed by atoms with Crippen LogP contribution in [0.5, 0.6) is 0 Å². The zero-order chi connectivity index (χ0) is 8.97. The lowest BCUT2D eigenvalue weighted by Crippen LogP contribution is -2.15. The second kappa shape index (κ2) is 4.14. The molecule has 0 aromatic heterocycles. The van der Waals surface area contributed by atoms with Gasteiger partial charge in [0.15, 0.2) is 0 Å². The van der Waals surface area contributed by atoms with Crippen molar-refractivity contribution >= 4 is 13.8 Å². The van der Waals surface area contributed by atoms with Gasteiger partial charge in [-0.2, -0.15) is 0 Å². The van der Waals surface area contributed by atoms with Crippen molar-refractivity contribution in [1.82, 2.24) is 0 Å². The van der Waals surface area contributed by atoms with Gasteiger partial charge >= 0.3 is 5.97 Å². The lowest BCUT2D eigenvalue weighted by atomic mass is 9.88. The molecule has 0 fully saturated rings. The van der Waals surface area contributed by atoms with Gasteiger partial charge < -0.3 is 4.74 Å². The molecule has 0 aliphatic heterocycles. The van der Waals surface area contributed by atoms with E-state index in [1.54, 1.807) is 0 Å². The third kappa shape index (κ3) is 2.00. The summed E-state index contributed by atoms with van der Waals surface area (Å²) in [5.41, 5.74) is 0.997. The van der Waals surface area contributed by atoms with Crippen molar-refractivity contribution in [2.75, 3.05) is 7.11 Å². The fraction of sp³-hybridized carbons (Fsp3) is 0.444. The fourth-order valence-electron chi connectivity index (χ4n) is 1.20. The monoisotopic (exact) mass is 162 g/mol. The Hall–Kier alpha value is -0.985. The molecule has 1 rings (SSSR count). The van der Waals surface area contributed by atoms with E-state index in [4.69, 9.17) is 7.85 Å². The van der Waals surface area contributed by atoms with Gasteiger partial charge in [-0.25, -0.2) is 0 Å². The predicted octanol–water partition coefficient (Wildman–Crippen LogP) is 1.25. The normalized spacial score (nSPS) is 21.8. The number of hydrogen-bond donors (Lipinski definition) is 0. The van der Waals surface area contributed by atoms with Gasteiger partial charge in [-0.15, -0.1) is 0 Å². The Kier molecular flexibility index (Phi) is 3.14. The summed E-state index contributed by atoms with van der Waals surface area (Å²) in [7, 11) is 6.83. The van der Waals surface area contributed by atoms with Crippen molar-refractivity contribution in [3.05, 3.63) is 23.8 Å². The van der Waals surface area contributed by atoms with Crippen LogP contribution >= 0.6 is 0 Å². The summed E-state index contributed by atoms with van der Waals surface area (Å²) in [4.78, 5) is 11.1. The van der Waals surface area contributed by atoms with Crippen LogP contribution in [0, 0.1) is 5.92 Å². The highest BCUT2D eigenvalue weighted by molar-refractivity contribution is 6.10. The van der Waals surface area contributed by atoms with E-state index in [2.05, 4.69) is 4.74 Å². The van der Waals surface area contributed by atoms with E-state index < -0.39 is 0 Å². The second-order valence-electron chi connectivity index (χ2n) is 2.71. The van der Waals surface area contributed by atoms with E-state index in [0.29, 0.717) is 6.32 Å². The predicted molar refractivity (Wildman–Crippen MR) is 47.9 cm³/mol. The number of carbonyl (C=O) groups excluding carboxylic acids is 1. The lowest BCUT2D eigenvalue weighted by molar-refractivity contribution is -0.143. The molecule has 1 atom stereocenters. The number of allylic oxidation sites excluding steroid dienone is 3. The Morgan fingerprint density at radius 2 is 2.58 bits per heavy atom. The molecule has 0 aromatic carbocycles. The van der Waals surface area contributed by atoms with E-state index in [-0.39, 0.29) is 11.9 Å². The minimum atomic E-state index is -0.190. The molecule has 0 heterocycles. The van der Waals surface area contributed by atoms with Crippen LogP contribution in [0.3, 0.4) is 0 Å². The van der Waals surface area contributed by atoms with Gasteiger partial charge in [-0.3, -0.25) is 4.79 Å². The van der Waals surface area contributed by atoms with Crippen LogP contribution in [0.25, 0.3) is 0 Å². The van der Waals surface area contributed by atoms with E-state index in [9.17, 15) is 4.79 Å². The van der Waals surface area contributed by atoms with Crippen molar-refractivity contribution < 1.29 is 9.53 Å². The molecule has 0 saturated carbocycles. The first kappa shape index (κ1) is 9.11. The van der Waals surface area contributed by atoms with Crippen molar-refractivity contribution in [3.8, 4) is 0 Å². The first-order valence-corrected chi connectivity index (χ1v) is 3.93. The highest BCUT2D eigenvalue weighted by Gasteiger charge is 2.17. The van der Waals surface area contributed by atoms with Crippen LogP contribution < -0.4 is 0 Å². The van der Waals surface area contributed by atoms with Crippen molar-refractivity contribution in [1.29, 1.82) is 0 Å². The van der Waals surface area contributed by atoms with E-state index >= 15 is 0 Å². The average molecular weight is 162 g/mol. The third-order valence-electron chi connectivity index (χ3n) is 1.88. The molecule has 0 saturated heterocycles. The molecule has 1 aliphatic carbocycles. The smallest absolute Gasteiger partial charge is 0.312 e. The molecule has 1 aliphatic rings. The summed E-state index contributed by atoms with van der Waals surface area (Å²) in [6, 6.07) is 0. The van der Waals surface area contributed by atoms with Crippen LogP contribution in [0.2, 0.25) is 6.32 Å². The molecule has 0 bridgehead atoms. The largest absolute Gasteiger partial charge is 0.469 e. The molecular weight excluding hydrogens is 151 g/mol. The summed E-state index contributed by atoms with van der Waals surface area (Å²) in [5, 5.41) is 0. The lowest BCUT2D eigenvalue weighted by Gasteiger charge is -2.13. The van der Waals surface area contributed by atoms with Gasteiger partial charge in [0.1, 0.15) is 0 Å². The Morgan fingerprint density at radius 1 is 1.83 bits per heavy atom. The Morgan fingerprint density at radius 3 is 3.17 bits per heavy atom. The average Bonchev–Trinajstić information content (AvgIpc) is 2.17. The maximum atomic E-state index is 11.1. The minimum Gasteiger partial charge on any atom is -0.469 e. The maximum Gasteiger partial charge on any atom is 0.312 e. The quantitative estimate of drug-likeness (QED) is 0.451. The molecule has 0 amide bonds. The molecule has 62 valence electrons. The van der Waals surface area contributed by atoms with Crippen molar-refractivity contribution in [2.45, 2.75) is 12.7 Å². The molecule has 2 radical (unpaired) electrons. The van der Waals surface area contributed by atoms with Crippen LogP contribution in [0.4, 0.5) is 0 Å². The molecule has 0 aromatic rings. The number of methoxy groups -OCH3 is 1. The van der Waals surface area contributed by atoms with Gasteiger partial charge in [0.25, 0.3) is 0 Å². The van der Waals surface area contributed by atoms with E-state index in [1.807, 2.05) is 18.2 Å². The second-order valence-corrected chi connectivity index (χ2v) is 2.71. The third-order valence-corrected chi connectivity index (χ3v) is 1.88. The molecule has 12 heavy (non-hydrogen) atoms. The molecule has 2 nitrogen and oxygen atoms in total. The number of ether oxygens (including phenoxy) is 1. The van der Waals surface area contributed by atoms with Crippen LogP contribution in [-0.2, 0) is 9.53 Å². The summed E-state index contributed by atoms with van der Waals surface area (Å²) in [6.07, 6.45) is 6.95. The standard InChI is InChI=1S/C9H11BO2/c1-12-9(11)8-4-2-3-7(5-8)6-10/h2-3,5,8H,4,6H2,1H3. The maximum absolute atomic E-state index is 11.1. The van der Waals surface area contributed by atoms with Crippen LogP contribution in [-0.4, -0.2) is 20.9 Å². The summed E-state index contributed by atoms with van der Waals surface area (Å²) >= 11 is 0. The van der Waals surface area contributed by atoms with Gasteiger partial charge in [-0.1, -0.05) is 30.1 Å². The Balaban J connectivity index is 2.65. The zero-order valence-electron chi connectivity index (χ0n) is 7.12. The van der Waals surface area contributed by atoms with Crippen LogP contribution in [0.15, 0.2) is 23.8 Å². The van der Waals surface area contributed by atoms with Gasteiger partial charge in [-0.05, 0) is 6.42 Å². The Bertz CT molecular complexity index is 231. The topological polar surface area (TPSA) is 26.3 Å². The molecule has 0 spiro atoms. The van der Waals surface area contributed by atoms with E-state index in [1.165, 1.54) is 7.11 Å². The molecular formula is C9H11BO2. The number of rotatable bonds is 2. The van der Waals surface area contributed by atoms with Gasteiger partial charge in [0.2, 0.25) is 0 Å². The van der Waals surface area contributed by atoms with Gasteiger partial charge in [0.05, 0.1) is 20.9 Å². The van der Waals surface area contributed by atoms with Crippen LogP contribution in [0.1, 0.15) is 6.42 Å². The fourth-order valence-corrected chi connectivity index (χ4v) is 1.20. The zero-order valence-corrected chi connectivity index (χ0v) is 7.12. The minimum absolute atomic E-state index is 0.140. The number of esters is 1. The highest BCUT2D eigenvalue weighted by Crippen LogP contribution is 2.19. The summed E-state index contributed by atoms with van der Waals surface area (Å²) in [5.74, 6) is -0.330. The first-order valence-electron chi connectivity index (χ1n) is 3.93. The highest BCUT2D eigenvalue weighted by atomic mass is 16.5. The van der Waals surface area contributed by atoms with E-state index in [0.717, 1.165) is 12.0 Å². The van der Waals surface area contributed by atoms with Gasteiger partial charge in [0, 0.05) is 0 Å². The molecule has 0 N–H and O–H groups in total. The number of hydrogen-bond acceptors (Lipinski definition) is 2. The summed E-state index contributed by atoms with van der Waals surface area (Å²) in [6.45, 7) is 0. The first-order chi connectivity index (χ1) is 5.77. The van der Waals surface area contributed by atoms with Crippen molar-refractivity contribution in [3.63, 3.8) is 0 Å². The Labute approximate surface area is 73.7 Å². The SMILES string of the molecule is [B]CC1=CC(C(=O)OC)CC=C1. The molecule has 1 unspecified atom stereocenters.